The minimum atomic E-state index is 0.896. The standard InChI is InChI=1S/C11H21N3/c1-3-5-7-14-9-11(13-10-14)8-12-6-4-2/h9-10,12H,3-8H2,1-2H3. The molecule has 0 spiro atoms. The zero-order valence-corrected chi connectivity index (χ0v) is 9.29. The average Bonchev–Trinajstić information content (AvgIpc) is 2.63. The molecule has 0 bridgehead atoms. The highest BCUT2D eigenvalue weighted by Gasteiger charge is 1.97. The van der Waals surface area contributed by atoms with Crippen molar-refractivity contribution in [1.29, 1.82) is 0 Å². The fraction of sp³-hybridized carbons (Fsp3) is 0.727. The highest BCUT2D eigenvalue weighted by molar-refractivity contribution is 4.95. The SMILES string of the molecule is CCCCn1cnc(CNCCC)c1. The van der Waals surface area contributed by atoms with Gasteiger partial charge in [0.1, 0.15) is 0 Å². The number of nitrogens with one attached hydrogen (secondary N) is 1. The van der Waals surface area contributed by atoms with E-state index < -0.39 is 0 Å². The average molecular weight is 195 g/mol. The van der Waals surface area contributed by atoms with Gasteiger partial charge in [0.15, 0.2) is 0 Å². The quantitative estimate of drug-likeness (QED) is 0.676. The van der Waals surface area contributed by atoms with Crippen molar-refractivity contribution >= 4 is 0 Å². The van der Waals surface area contributed by atoms with E-state index in [1.807, 2.05) is 6.33 Å². The summed E-state index contributed by atoms with van der Waals surface area (Å²) in [6.45, 7) is 7.44. The van der Waals surface area contributed by atoms with Gasteiger partial charge in [-0.15, -0.1) is 0 Å². The summed E-state index contributed by atoms with van der Waals surface area (Å²) in [4.78, 5) is 4.34. The molecule has 0 aliphatic heterocycles. The number of aromatic nitrogens is 2. The molecule has 0 radical (unpaired) electrons. The van der Waals surface area contributed by atoms with Crippen LogP contribution in [0.3, 0.4) is 0 Å². The van der Waals surface area contributed by atoms with Crippen LogP contribution in [0, 0.1) is 0 Å². The van der Waals surface area contributed by atoms with Gasteiger partial charge < -0.3 is 9.88 Å². The van der Waals surface area contributed by atoms with Crippen molar-refractivity contribution in [3.63, 3.8) is 0 Å². The van der Waals surface area contributed by atoms with Gasteiger partial charge in [-0.1, -0.05) is 20.3 Å². The van der Waals surface area contributed by atoms with Crippen molar-refractivity contribution in [2.24, 2.45) is 0 Å². The van der Waals surface area contributed by atoms with Crippen LogP contribution in [0.1, 0.15) is 38.8 Å². The van der Waals surface area contributed by atoms with Crippen molar-refractivity contribution in [2.75, 3.05) is 6.54 Å². The Balaban J connectivity index is 2.27. The Bertz CT molecular complexity index is 242. The third kappa shape index (κ3) is 3.92. The first-order valence-electron chi connectivity index (χ1n) is 5.58. The first kappa shape index (κ1) is 11.2. The molecule has 0 saturated carbocycles. The lowest BCUT2D eigenvalue weighted by Crippen LogP contribution is -2.13. The van der Waals surface area contributed by atoms with Crippen LogP contribution in [0.2, 0.25) is 0 Å². The first-order valence-corrected chi connectivity index (χ1v) is 5.58. The second-order valence-corrected chi connectivity index (χ2v) is 3.63. The summed E-state index contributed by atoms with van der Waals surface area (Å²) >= 11 is 0. The Labute approximate surface area is 86.5 Å². The number of aryl methyl sites for hydroxylation is 1. The van der Waals surface area contributed by atoms with Gasteiger partial charge >= 0.3 is 0 Å². The molecule has 1 N–H and O–H groups in total. The van der Waals surface area contributed by atoms with Crippen molar-refractivity contribution in [3.8, 4) is 0 Å². The van der Waals surface area contributed by atoms with Gasteiger partial charge in [-0.3, -0.25) is 0 Å². The maximum Gasteiger partial charge on any atom is 0.0949 e. The molecule has 0 aromatic carbocycles. The summed E-state index contributed by atoms with van der Waals surface area (Å²) in [6.07, 6.45) is 7.72. The van der Waals surface area contributed by atoms with Crippen LogP contribution >= 0.6 is 0 Å². The number of unbranched alkanes of at least 4 members (excludes halogenated alkanes) is 1. The van der Waals surface area contributed by atoms with E-state index in [4.69, 9.17) is 0 Å². The van der Waals surface area contributed by atoms with E-state index in [-0.39, 0.29) is 0 Å². The summed E-state index contributed by atoms with van der Waals surface area (Å²) in [5.74, 6) is 0. The van der Waals surface area contributed by atoms with E-state index in [9.17, 15) is 0 Å². The fourth-order valence-corrected chi connectivity index (χ4v) is 1.35. The first-order chi connectivity index (χ1) is 6.86. The Morgan fingerprint density at radius 2 is 2.21 bits per heavy atom. The maximum absolute atomic E-state index is 4.34. The third-order valence-corrected chi connectivity index (χ3v) is 2.19. The van der Waals surface area contributed by atoms with E-state index in [2.05, 4.69) is 34.9 Å². The minimum absolute atomic E-state index is 0.896. The van der Waals surface area contributed by atoms with Gasteiger partial charge in [0, 0.05) is 19.3 Å². The van der Waals surface area contributed by atoms with Gasteiger partial charge in [-0.05, 0) is 19.4 Å². The fourth-order valence-electron chi connectivity index (χ4n) is 1.35. The van der Waals surface area contributed by atoms with Crippen LogP contribution < -0.4 is 5.32 Å². The molecule has 0 saturated heterocycles. The van der Waals surface area contributed by atoms with Crippen LogP contribution in [0.4, 0.5) is 0 Å². The van der Waals surface area contributed by atoms with E-state index in [0.717, 1.165) is 25.3 Å². The summed E-state index contributed by atoms with van der Waals surface area (Å²) in [5, 5.41) is 3.34. The van der Waals surface area contributed by atoms with E-state index in [0.29, 0.717) is 0 Å². The number of hydrogen-bond acceptors (Lipinski definition) is 2. The molecular formula is C11H21N3. The molecule has 3 nitrogen and oxygen atoms in total. The van der Waals surface area contributed by atoms with Crippen LogP contribution in [0.25, 0.3) is 0 Å². The highest BCUT2D eigenvalue weighted by atomic mass is 15.0. The third-order valence-electron chi connectivity index (χ3n) is 2.19. The lowest BCUT2D eigenvalue weighted by Gasteiger charge is -1.99. The molecule has 3 heteroatoms. The Hall–Kier alpha value is -0.830. The number of nitrogens with zero attached hydrogens (tertiary/aromatic N) is 2. The summed E-state index contributed by atoms with van der Waals surface area (Å²) in [6, 6.07) is 0. The van der Waals surface area contributed by atoms with E-state index in [1.54, 1.807) is 0 Å². The predicted octanol–water partition coefficient (Wildman–Crippen LogP) is 2.18. The van der Waals surface area contributed by atoms with Gasteiger partial charge in [0.2, 0.25) is 0 Å². The largest absolute Gasteiger partial charge is 0.337 e. The van der Waals surface area contributed by atoms with Gasteiger partial charge in [-0.25, -0.2) is 4.98 Å². The molecule has 0 amide bonds. The summed E-state index contributed by atoms with van der Waals surface area (Å²) < 4.78 is 2.17. The smallest absolute Gasteiger partial charge is 0.0949 e. The van der Waals surface area contributed by atoms with Crippen molar-refractivity contribution < 1.29 is 0 Å². The second kappa shape index (κ2) is 6.60. The number of rotatable bonds is 7. The predicted molar refractivity (Wildman–Crippen MR) is 59.1 cm³/mol. The lowest BCUT2D eigenvalue weighted by atomic mass is 10.3. The van der Waals surface area contributed by atoms with Crippen molar-refractivity contribution in [1.82, 2.24) is 14.9 Å². The molecule has 0 fully saturated rings. The molecule has 0 aliphatic rings. The zero-order chi connectivity index (χ0) is 10.2. The molecule has 14 heavy (non-hydrogen) atoms. The van der Waals surface area contributed by atoms with Gasteiger partial charge in [0.25, 0.3) is 0 Å². The maximum atomic E-state index is 4.34. The van der Waals surface area contributed by atoms with Crippen LogP contribution in [-0.4, -0.2) is 16.1 Å². The van der Waals surface area contributed by atoms with Gasteiger partial charge in [0.05, 0.1) is 12.0 Å². The molecule has 1 aromatic rings. The Kier molecular flexibility index (Phi) is 5.30. The highest BCUT2D eigenvalue weighted by Crippen LogP contribution is 1.99. The second-order valence-electron chi connectivity index (χ2n) is 3.63. The van der Waals surface area contributed by atoms with E-state index in [1.165, 1.54) is 19.3 Å². The van der Waals surface area contributed by atoms with E-state index >= 15 is 0 Å². The molecule has 1 rings (SSSR count). The zero-order valence-electron chi connectivity index (χ0n) is 9.29. The monoisotopic (exact) mass is 195 g/mol. The molecule has 0 unspecified atom stereocenters. The van der Waals surface area contributed by atoms with Crippen molar-refractivity contribution in [2.45, 2.75) is 46.2 Å². The summed E-state index contributed by atoms with van der Waals surface area (Å²) in [7, 11) is 0. The summed E-state index contributed by atoms with van der Waals surface area (Å²) in [5.41, 5.74) is 1.15. The Morgan fingerprint density at radius 1 is 1.36 bits per heavy atom. The van der Waals surface area contributed by atoms with Crippen LogP contribution in [0.15, 0.2) is 12.5 Å². The molecule has 80 valence electrons. The molecule has 1 aromatic heterocycles. The normalized spacial score (nSPS) is 10.7. The van der Waals surface area contributed by atoms with Crippen LogP contribution in [-0.2, 0) is 13.1 Å². The molecule has 1 heterocycles. The van der Waals surface area contributed by atoms with Crippen LogP contribution in [0.5, 0.6) is 0 Å². The minimum Gasteiger partial charge on any atom is -0.337 e. The van der Waals surface area contributed by atoms with Crippen molar-refractivity contribution in [3.05, 3.63) is 18.2 Å². The number of hydrogen-bond donors (Lipinski definition) is 1. The lowest BCUT2D eigenvalue weighted by molar-refractivity contribution is 0.628. The topological polar surface area (TPSA) is 29.9 Å². The molecular weight excluding hydrogens is 174 g/mol. The molecule has 0 aliphatic carbocycles. The molecule has 0 atom stereocenters. The van der Waals surface area contributed by atoms with Gasteiger partial charge in [-0.2, -0.15) is 0 Å². The Morgan fingerprint density at radius 3 is 2.93 bits per heavy atom. The number of imidazole rings is 1.